The van der Waals surface area contributed by atoms with Gasteiger partial charge in [0.1, 0.15) is 5.03 Å². The van der Waals surface area contributed by atoms with Crippen molar-refractivity contribution in [2.45, 2.75) is 11.9 Å². The normalized spacial score (nSPS) is 11.9. The van der Waals surface area contributed by atoms with Gasteiger partial charge in [-0.15, -0.1) is 22.0 Å². The molecule has 1 unspecified atom stereocenters. The lowest BCUT2D eigenvalue weighted by Crippen LogP contribution is -2.15. The molecule has 0 bridgehead atoms. The average Bonchev–Trinajstić information content (AvgIpc) is 2.35. The van der Waals surface area contributed by atoms with Crippen LogP contribution in [0.4, 0.5) is 0 Å². The van der Waals surface area contributed by atoms with Crippen LogP contribution in [0.25, 0.3) is 0 Å². The second-order valence-corrected chi connectivity index (χ2v) is 4.40. The summed E-state index contributed by atoms with van der Waals surface area (Å²) in [7, 11) is 1.35. The van der Waals surface area contributed by atoms with Gasteiger partial charge in [0.2, 0.25) is 0 Å². The van der Waals surface area contributed by atoms with Crippen LogP contribution in [0.1, 0.15) is 17.4 Å². The molecule has 1 atom stereocenters. The fraction of sp³-hybridized carbons (Fsp3) is 0.400. The zero-order valence-electron chi connectivity index (χ0n) is 9.54. The number of aromatic nitrogens is 2. The third kappa shape index (κ3) is 4.03. The Morgan fingerprint density at radius 3 is 2.65 bits per heavy atom. The molecule has 0 aliphatic rings. The van der Waals surface area contributed by atoms with Gasteiger partial charge in [-0.1, -0.05) is 6.92 Å². The highest BCUT2D eigenvalue weighted by Gasteiger charge is 2.13. The summed E-state index contributed by atoms with van der Waals surface area (Å²) in [6, 6.07) is 3.14. The number of carbonyl (C=O) groups is 2. The van der Waals surface area contributed by atoms with Gasteiger partial charge in [0.15, 0.2) is 5.69 Å². The van der Waals surface area contributed by atoms with Crippen LogP contribution in [0.2, 0.25) is 0 Å². The van der Waals surface area contributed by atoms with E-state index >= 15 is 0 Å². The third-order valence-corrected chi connectivity index (χ3v) is 3.16. The minimum Gasteiger partial charge on any atom is -0.469 e. The van der Waals surface area contributed by atoms with Gasteiger partial charge >= 0.3 is 5.97 Å². The number of primary amides is 1. The standard InChI is InChI=1S/C10H13N3O3S/c1-6(10(15)16-2)5-17-8-4-3-7(9(11)14)12-13-8/h3-4,6H,5H2,1-2H3,(H2,11,14). The SMILES string of the molecule is COC(=O)C(C)CSc1ccc(C(N)=O)nn1. The summed E-state index contributed by atoms with van der Waals surface area (Å²) < 4.78 is 4.60. The topological polar surface area (TPSA) is 95.2 Å². The highest BCUT2D eigenvalue weighted by Crippen LogP contribution is 2.18. The molecule has 2 N–H and O–H groups in total. The Labute approximate surface area is 103 Å². The van der Waals surface area contributed by atoms with Crippen molar-refractivity contribution in [3.63, 3.8) is 0 Å². The monoisotopic (exact) mass is 255 g/mol. The van der Waals surface area contributed by atoms with E-state index in [1.54, 1.807) is 13.0 Å². The molecule has 6 nitrogen and oxygen atoms in total. The molecule has 0 saturated heterocycles. The van der Waals surface area contributed by atoms with E-state index in [4.69, 9.17) is 5.73 Å². The molecule has 1 aromatic rings. The second-order valence-electron chi connectivity index (χ2n) is 3.36. The largest absolute Gasteiger partial charge is 0.469 e. The minimum atomic E-state index is -0.614. The molecular formula is C10H13N3O3S. The first-order chi connectivity index (χ1) is 8.04. The molecule has 0 aliphatic carbocycles. The molecule has 92 valence electrons. The molecule has 0 fully saturated rings. The maximum atomic E-state index is 11.1. The predicted octanol–water partition coefficient (Wildman–Crippen LogP) is 0.477. The van der Waals surface area contributed by atoms with Gasteiger partial charge in [0.25, 0.3) is 5.91 Å². The van der Waals surface area contributed by atoms with E-state index in [0.717, 1.165) is 0 Å². The molecule has 1 amide bonds. The second kappa shape index (κ2) is 6.19. The number of hydrogen-bond acceptors (Lipinski definition) is 6. The van der Waals surface area contributed by atoms with Crippen LogP contribution in [0, 0.1) is 5.92 Å². The van der Waals surface area contributed by atoms with Gasteiger partial charge in [0.05, 0.1) is 13.0 Å². The maximum Gasteiger partial charge on any atom is 0.309 e. The van der Waals surface area contributed by atoms with Crippen molar-refractivity contribution < 1.29 is 14.3 Å². The molecule has 1 heterocycles. The van der Waals surface area contributed by atoms with Gasteiger partial charge in [0, 0.05) is 5.75 Å². The summed E-state index contributed by atoms with van der Waals surface area (Å²) in [6.07, 6.45) is 0. The van der Waals surface area contributed by atoms with E-state index in [9.17, 15) is 9.59 Å². The summed E-state index contributed by atoms with van der Waals surface area (Å²) in [5.74, 6) is -0.559. The maximum absolute atomic E-state index is 11.1. The first kappa shape index (κ1) is 13.4. The lowest BCUT2D eigenvalue weighted by atomic mass is 10.2. The van der Waals surface area contributed by atoms with Gasteiger partial charge in [-0.2, -0.15) is 0 Å². The van der Waals surface area contributed by atoms with Crippen molar-refractivity contribution in [1.29, 1.82) is 0 Å². The Balaban J connectivity index is 2.53. The summed E-state index contributed by atoms with van der Waals surface area (Å²) in [5.41, 5.74) is 5.16. The molecule has 0 aliphatic heterocycles. The number of nitrogens with zero attached hydrogens (tertiary/aromatic N) is 2. The number of carbonyl (C=O) groups excluding carboxylic acids is 2. The lowest BCUT2D eigenvalue weighted by molar-refractivity contribution is -0.143. The van der Waals surface area contributed by atoms with Crippen LogP contribution >= 0.6 is 11.8 Å². The molecule has 0 aromatic carbocycles. The first-order valence-electron chi connectivity index (χ1n) is 4.88. The first-order valence-corrected chi connectivity index (χ1v) is 5.87. The Bertz CT molecular complexity index is 408. The van der Waals surface area contributed by atoms with Gasteiger partial charge in [-0.3, -0.25) is 9.59 Å². The number of esters is 1. The zero-order valence-corrected chi connectivity index (χ0v) is 10.4. The molecular weight excluding hydrogens is 242 g/mol. The highest BCUT2D eigenvalue weighted by atomic mass is 32.2. The van der Waals surface area contributed by atoms with E-state index in [1.807, 2.05) is 0 Å². The van der Waals surface area contributed by atoms with E-state index < -0.39 is 5.91 Å². The molecule has 1 aromatic heterocycles. The summed E-state index contributed by atoms with van der Waals surface area (Å²) in [4.78, 5) is 21.9. The summed E-state index contributed by atoms with van der Waals surface area (Å²) >= 11 is 1.37. The minimum absolute atomic E-state index is 0.121. The quantitative estimate of drug-likeness (QED) is 0.607. The van der Waals surface area contributed by atoms with Crippen LogP contribution in [0.5, 0.6) is 0 Å². The van der Waals surface area contributed by atoms with Crippen molar-refractivity contribution in [2.75, 3.05) is 12.9 Å². The highest BCUT2D eigenvalue weighted by molar-refractivity contribution is 7.99. The van der Waals surface area contributed by atoms with Crippen LogP contribution in [0.15, 0.2) is 17.2 Å². The number of amides is 1. The Morgan fingerprint density at radius 2 is 2.18 bits per heavy atom. The average molecular weight is 255 g/mol. The number of nitrogens with two attached hydrogens (primary N) is 1. The van der Waals surface area contributed by atoms with Crippen molar-refractivity contribution in [3.05, 3.63) is 17.8 Å². The Hall–Kier alpha value is -1.63. The van der Waals surface area contributed by atoms with E-state index in [-0.39, 0.29) is 17.6 Å². The molecule has 1 rings (SSSR count). The molecule has 0 radical (unpaired) electrons. The summed E-state index contributed by atoms with van der Waals surface area (Å²) in [5, 5.41) is 8.11. The summed E-state index contributed by atoms with van der Waals surface area (Å²) in [6.45, 7) is 1.77. The van der Waals surface area contributed by atoms with Crippen LogP contribution in [0.3, 0.4) is 0 Å². The number of rotatable bonds is 5. The fourth-order valence-electron chi connectivity index (χ4n) is 1.01. The van der Waals surface area contributed by atoms with Crippen molar-refractivity contribution in [1.82, 2.24) is 10.2 Å². The number of methoxy groups -OCH3 is 1. The number of ether oxygens (including phenoxy) is 1. The smallest absolute Gasteiger partial charge is 0.309 e. The Morgan fingerprint density at radius 1 is 1.47 bits per heavy atom. The fourth-order valence-corrected chi connectivity index (χ4v) is 1.83. The van der Waals surface area contributed by atoms with Crippen LogP contribution in [-0.2, 0) is 9.53 Å². The third-order valence-electron chi connectivity index (χ3n) is 1.98. The predicted molar refractivity (Wildman–Crippen MR) is 62.5 cm³/mol. The molecule has 0 spiro atoms. The van der Waals surface area contributed by atoms with Crippen LogP contribution < -0.4 is 5.73 Å². The number of thioether (sulfide) groups is 1. The molecule has 17 heavy (non-hydrogen) atoms. The van der Waals surface area contributed by atoms with Gasteiger partial charge in [-0.05, 0) is 12.1 Å². The van der Waals surface area contributed by atoms with E-state index in [1.165, 1.54) is 24.9 Å². The van der Waals surface area contributed by atoms with Gasteiger partial charge < -0.3 is 10.5 Å². The lowest BCUT2D eigenvalue weighted by Gasteiger charge is -2.07. The van der Waals surface area contributed by atoms with E-state index in [2.05, 4.69) is 14.9 Å². The Kier molecular flexibility index (Phi) is 4.89. The zero-order chi connectivity index (χ0) is 12.8. The molecule has 0 saturated carbocycles. The van der Waals surface area contributed by atoms with Crippen LogP contribution in [-0.4, -0.2) is 34.9 Å². The van der Waals surface area contributed by atoms with Crippen molar-refractivity contribution in [3.8, 4) is 0 Å². The number of hydrogen-bond donors (Lipinski definition) is 1. The van der Waals surface area contributed by atoms with Crippen molar-refractivity contribution in [2.24, 2.45) is 11.7 Å². The van der Waals surface area contributed by atoms with Crippen molar-refractivity contribution >= 4 is 23.6 Å². The van der Waals surface area contributed by atoms with Gasteiger partial charge in [-0.25, -0.2) is 0 Å². The van der Waals surface area contributed by atoms with E-state index in [0.29, 0.717) is 10.8 Å². The molecule has 7 heteroatoms.